The number of nitrogens with zero attached hydrogens (tertiary/aromatic N) is 2. The summed E-state index contributed by atoms with van der Waals surface area (Å²) in [4.78, 5) is 2.42. The Morgan fingerprint density at radius 2 is 1.64 bits per heavy atom. The maximum Gasteiger partial charge on any atom is 0.0367 e. The molecule has 0 spiro atoms. The lowest BCUT2D eigenvalue weighted by Gasteiger charge is -2.35. The van der Waals surface area contributed by atoms with Crippen molar-refractivity contribution in [2.24, 2.45) is 0 Å². The Morgan fingerprint density at radius 1 is 1.00 bits per heavy atom. The molecule has 0 bridgehead atoms. The van der Waals surface area contributed by atoms with Crippen LogP contribution in [0.4, 0.5) is 5.69 Å². The van der Waals surface area contributed by atoms with Gasteiger partial charge in [-0.1, -0.05) is 18.2 Å². The van der Waals surface area contributed by atoms with E-state index in [1.54, 1.807) is 0 Å². The number of hydrogen-bond acceptors (Lipinski definition) is 3. The maximum atomic E-state index is 3.18. The van der Waals surface area contributed by atoms with Crippen molar-refractivity contribution in [2.45, 2.75) is 0 Å². The van der Waals surface area contributed by atoms with Crippen LogP contribution in [-0.2, 0) is 0 Å². The lowest BCUT2D eigenvalue weighted by Crippen LogP contribution is -2.50. The first-order valence-corrected chi connectivity index (χ1v) is 5.12. The van der Waals surface area contributed by atoms with E-state index in [2.05, 4.69) is 45.7 Å². The van der Waals surface area contributed by atoms with Crippen molar-refractivity contribution in [3.63, 3.8) is 0 Å². The highest BCUT2D eigenvalue weighted by atomic mass is 15.5. The molecule has 1 fully saturated rings. The van der Waals surface area contributed by atoms with E-state index in [9.17, 15) is 0 Å². The van der Waals surface area contributed by atoms with Crippen molar-refractivity contribution >= 4 is 5.69 Å². The monoisotopic (exact) mass is 191 g/mol. The van der Waals surface area contributed by atoms with Crippen molar-refractivity contribution in [1.29, 1.82) is 0 Å². The molecular formula is C11H17N3. The van der Waals surface area contributed by atoms with E-state index in [4.69, 9.17) is 0 Å². The zero-order valence-electron chi connectivity index (χ0n) is 8.61. The summed E-state index contributed by atoms with van der Waals surface area (Å²) in [5.74, 6) is 0. The number of hydrazine groups is 1. The van der Waals surface area contributed by atoms with Gasteiger partial charge in [0, 0.05) is 31.9 Å². The summed E-state index contributed by atoms with van der Waals surface area (Å²) in [5.41, 5.74) is 4.52. The predicted octanol–water partition coefficient (Wildman–Crippen LogP) is 0.943. The van der Waals surface area contributed by atoms with Gasteiger partial charge in [-0.25, -0.2) is 5.01 Å². The fourth-order valence-corrected chi connectivity index (χ4v) is 1.83. The van der Waals surface area contributed by atoms with E-state index in [1.165, 1.54) is 5.69 Å². The number of para-hydroxylation sites is 1. The summed E-state index contributed by atoms with van der Waals surface area (Å²) >= 11 is 0. The summed E-state index contributed by atoms with van der Waals surface area (Å²) in [5, 5.41) is 2.25. The highest BCUT2D eigenvalue weighted by Gasteiger charge is 2.14. The Kier molecular flexibility index (Phi) is 3.01. The third-order valence-corrected chi connectivity index (χ3v) is 2.72. The van der Waals surface area contributed by atoms with Gasteiger partial charge < -0.3 is 4.90 Å². The van der Waals surface area contributed by atoms with Crippen LogP contribution < -0.4 is 10.3 Å². The smallest absolute Gasteiger partial charge is 0.0367 e. The number of piperazine rings is 1. The average Bonchev–Trinajstić information content (AvgIpc) is 2.30. The Balaban J connectivity index is 1.96. The van der Waals surface area contributed by atoms with Gasteiger partial charge in [-0.3, -0.25) is 5.43 Å². The van der Waals surface area contributed by atoms with Gasteiger partial charge in [0.05, 0.1) is 0 Å². The molecular weight excluding hydrogens is 174 g/mol. The van der Waals surface area contributed by atoms with Crippen LogP contribution in [0.25, 0.3) is 0 Å². The molecule has 3 heteroatoms. The normalized spacial score (nSPS) is 18.5. The number of nitrogens with one attached hydrogen (secondary N) is 1. The van der Waals surface area contributed by atoms with E-state index in [0.717, 1.165) is 26.2 Å². The molecule has 1 aliphatic rings. The molecule has 0 atom stereocenters. The molecule has 0 radical (unpaired) electrons. The van der Waals surface area contributed by atoms with E-state index >= 15 is 0 Å². The molecule has 0 aromatic heterocycles. The summed E-state index contributed by atoms with van der Waals surface area (Å²) in [7, 11) is 1.98. The second-order valence-electron chi connectivity index (χ2n) is 3.53. The number of rotatable bonds is 2. The lowest BCUT2D eigenvalue weighted by molar-refractivity contribution is 0.195. The Hall–Kier alpha value is -1.06. The van der Waals surface area contributed by atoms with Crippen LogP contribution in [0.2, 0.25) is 0 Å². The number of benzene rings is 1. The van der Waals surface area contributed by atoms with Gasteiger partial charge in [-0.05, 0) is 19.2 Å². The van der Waals surface area contributed by atoms with Gasteiger partial charge >= 0.3 is 0 Å². The first-order valence-electron chi connectivity index (χ1n) is 5.12. The SMILES string of the molecule is CNN1CCN(c2ccccc2)CC1. The molecule has 1 aliphatic heterocycles. The fourth-order valence-electron chi connectivity index (χ4n) is 1.83. The summed E-state index contributed by atoms with van der Waals surface area (Å²) < 4.78 is 0. The Labute approximate surface area is 85.3 Å². The van der Waals surface area contributed by atoms with Gasteiger partial charge in [0.1, 0.15) is 0 Å². The van der Waals surface area contributed by atoms with E-state index in [-0.39, 0.29) is 0 Å². The van der Waals surface area contributed by atoms with Gasteiger partial charge in [0.25, 0.3) is 0 Å². The summed E-state index contributed by atoms with van der Waals surface area (Å²) in [6, 6.07) is 10.6. The van der Waals surface area contributed by atoms with E-state index in [0.29, 0.717) is 0 Å². The van der Waals surface area contributed by atoms with Crippen LogP contribution in [0.15, 0.2) is 30.3 Å². The first kappa shape index (κ1) is 9.49. The largest absolute Gasteiger partial charge is 0.369 e. The molecule has 1 N–H and O–H groups in total. The van der Waals surface area contributed by atoms with Gasteiger partial charge in [0.15, 0.2) is 0 Å². The highest BCUT2D eigenvalue weighted by Crippen LogP contribution is 2.14. The molecule has 1 saturated heterocycles. The van der Waals surface area contributed by atoms with Crippen LogP contribution >= 0.6 is 0 Å². The quantitative estimate of drug-likeness (QED) is 0.750. The van der Waals surface area contributed by atoms with Crippen molar-refractivity contribution in [3.8, 4) is 0 Å². The van der Waals surface area contributed by atoms with Gasteiger partial charge in [0.2, 0.25) is 0 Å². The van der Waals surface area contributed by atoms with Gasteiger partial charge in [-0.15, -0.1) is 0 Å². The van der Waals surface area contributed by atoms with Crippen molar-refractivity contribution in [3.05, 3.63) is 30.3 Å². The third kappa shape index (κ3) is 2.05. The second-order valence-corrected chi connectivity index (χ2v) is 3.53. The molecule has 2 rings (SSSR count). The van der Waals surface area contributed by atoms with Crippen LogP contribution in [0.1, 0.15) is 0 Å². The van der Waals surface area contributed by atoms with E-state index < -0.39 is 0 Å². The van der Waals surface area contributed by atoms with E-state index in [1.807, 2.05) is 7.05 Å². The first-order chi connectivity index (χ1) is 6.90. The average molecular weight is 191 g/mol. The minimum atomic E-state index is 1.09. The van der Waals surface area contributed by atoms with Crippen LogP contribution in [0.5, 0.6) is 0 Å². The zero-order valence-corrected chi connectivity index (χ0v) is 8.61. The van der Waals surface area contributed by atoms with Crippen LogP contribution in [0, 0.1) is 0 Å². The molecule has 0 saturated carbocycles. The van der Waals surface area contributed by atoms with Gasteiger partial charge in [-0.2, -0.15) is 0 Å². The molecule has 0 unspecified atom stereocenters. The Bertz CT molecular complexity index is 265. The number of anilines is 1. The lowest BCUT2D eigenvalue weighted by atomic mass is 10.2. The summed E-state index contributed by atoms with van der Waals surface area (Å²) in [6.45, 7) is 4.38. The molecule has 1 aromatic carbocycles. The topological polar surface area (TPSA) is 18.5 Å². The minimum absolute atomic E-state index is 1.09. The van der Waals surface area contributed by atoms with Crippen molar-refractivity contribution < 1.29 is 0 Å². The van der Waals surface area contributed by atoms with Crippen molar-refractivity contribution in [2.75, 3.05) is 38.1 Å². The maximum absolute atomic E-state index is 3.18. The molecule has 3 nitrogen and oxygen atoms in total. The molecule has 0 aliphatic carbocycles. The zero-order chi connectivity index (χ0) is 9.80. The number of hydrogen-bond donors (Lipinski definition) is 1. The fraction of sp³-hybridized carbons (Fsp3) is 0.455. The molecule has 76 valence electrons. The highest BCUT2D eigenvalue weighted by molar-refractivity contribution is 5.46. The standard InChI is InChI=1S/C11H17N3/c1-12-14-9-7-13(8-10-14)11-5-3-2-4-6-11/h2-6,12H,7-10H2,1H3. The Morgan fingerprint density at radius 3 is 2.21 bits per heavy atom. The molecule has 14 heavy (non-hydrogen) atoms. The van der Waals surface area contributed by atoms with Crippen LogP contribution in [0.3, 0.4) is 0 Å². The molecule has 1 aromatic rings. The van der Waals surface area contributed by atoms with Crippen LogP contribution in [-0.4, -0.2) is 38.2 Å². The third-order valence-electron chi connectivity index (χ3n) is 2.72. The summed E-state index contributed by atoms with van der Waals surface area (Å²) in [6.07, 6.45) is 0. The molecule has 0 amide bonds. The predicted molar refractivity (Wildman–Crippen MR) is 59.3 cm³/mol. The second kappa shape index (κ2) is 4.44. The minimum Gasteiger partial charge on any atom is -0.369 e. The molecule has 1 heterocycles. The van der Waals surface area contributed by atoms with Crippen molar-refractivity contribution in [1.82, 2.24) is 10.4 Å².